The van der Waals surface area contributed by atoms with Crippen LogP contribution in [0.25, 0.3) is 5.69 Å². The number of anilines is 1. The Morgan fingerprint density at radius 2 is 1.75 bits per heavy atom. The predicted octanol–water partition coefficient (Wildman–Crippen LogP) is 2.42. The van der Waals surface area contributed by atoms with E-state index in [1.54, 1.807) is 12.1 Å². The van der Waals surface area contributed by atoms with Crippen LogP contribution < -0.4 is 4.90 Å². The summed E-state index contributed by atoms with van der Waals surface area (Å²) in [5, 5.41) is 21.6. The first-order valence-electron chi connectivity index (χ1n) is 9.47. The topological polar surface area (TPSA) is 93.4 Å². The fourth-order valence-electron chi connectivity index (χ4n) is 4.54. The third-order valence-electron chi connectivity index (χ3n) is 5.85. The Morgan fingerprint density at radius 3 is 2.36 bits per heavy atom. The summed E-state index contributed by atoms with van der Waals surface area (Å²) in [5.41, 5.74) is 2.95. The highest BCUT2D eigenvalue weighted by Crippen LogP contribution is 2.58. The van der Waals surface area contributed by atoms with Gasteiger partial charge in [-0.1, -0.05) is 0 Å². The van der Waals surface area contributed by atoms with Crippen LogP contribution >= 0.6 is 0 Å². The zero-order valence-electron chi connectivity index (χ0n) is 15.6. The fourth-order valence-corrected chi connectivity index (χ4v) is 4.54. The number of carbonyl (C=O) groups is 1. The number of aromatic hydroxyl groups is 2. The molecule has 0 radical (unpaired) electrons. The lowest BCUT2D eigenvalue weighted by molar-refractivity contribution is 0.0600. The van der Waals surface area contributed by atoms with Gasteiger partial charge in [0.1, 0.15) is 0 Å². The molecule has 1 aromatic carbocycles. The SMILES string of the molecule is COC(=O)c1cc(-n2c(O)c3c(c2O)[C@H]2CC[C@@H]3O2)ccc1N1CCOCC1. The molecule has 2 fully saturated rings. The van der Waals surface area contributed by atoms with Gasteiger partial charge in [0.15, 0.2) is 0 Å². The molecule has 0 unspecified atom stereocenters. The number of hydrogen-bond acceptors (Lipinski definition) is 7. The van der Waals surface area contributed by atoms with Crippen molar-refractivity contribution in [2.75, 3.05) is 38.3 Å². The maximum absolute atomic E-state index is 12.4. The molecule has 2 aromatic rings. The summed E-state index contributed by atoms with van der Waals surface area (Å²) < 4.78 is 17.5. The summed E-state index contributed by atoms with van der Waals surface area (Å²) >= 11 is 0. The molecule has 2 bridgehead atoms. The van der Waals surface area contributed by atoms with Crippen molar-refractivity contribution in [3.63, 3.8) is 0 Å². The van der Waals surface area contributed by atoms with Gasteiger partial charge in [-0.05, 0) is 31.0 Å². The third kappa shape index (κ3) is 2.41. The highest BCUT2D eigenvalue weighted by Gasteiger charge is 2.45. The smallest absolute Gasteiger partial charge is 0.340 e. The molecule has 0 amide bonds. The van der Waals surface area contributed by atoms with E-state index in [1.807, 2.05) is 6.07 Å². The Labute approximate surface area is 161 Å². The van der Waals surface area contributed by atoms with E-state index in [9.17, 15) is 15.0 Å². The molecule has 8 heteroatoms. The maximum atomic E-state index is 12.4. The normalized spacial score (nSPS) is 23.1. The molecule has 0 spiro atoms. The van der Waals surface area contributed by atoms with Crippen molar-refractivity contribution in [3.05, 3.63) is 34.9 Å². The quantitative estimate of drug-likeness (QED) is 0.783. The number of benzene rings is 1. The molecular formula is C20H22N2O6. The first kappa shape index (κ1) is 17.4. The lowest BCUT2D eigenvalue weighted by Gasteiger charge is -2.30. The molecule has 2 atom stereocenters. The molecule has 5 rings (SSSR count). The second kappa shape index (κ2) is 6.42. The van der Waals surface area contributed by atoms with Gasteiger partial charge in [0.05, 0.1) is 60.6 Å². The molecule has 1 aromatic heterocycles. The highest BCUT2D eigenvalue weighted by molar-refractivity contribution is 5.96. The number of morpholine rings is 1. The van der Waals surface area contributed by atoms with Crippen LogP contribution in [0.1, 0.15) is 46.5 Å². The molecule has 2 N–H and O–H groups in total. The number of aromatic nitrogens is 1. The van der Waals surface area contributed by atoms with Crippen molar-refractivity contribution in [1.29, 1.82) is 0 Å². The van der Waals surface area contributed by atoms with Crippen LogP contribution in [0.5, 0.6) is 11.8 Å². The van der Waals surface area contributed by atoms with Gasteiger partial charge in [-0.25, -0.2) is 4.79 Å². The summed E-state index contributed by atoms with van der Waals surface area (Å²) in [6, 6.07) is 5.25. The van der Waals surface area contributed by atoms with E-state index < -0.39 is 5.97 Å². The van der Waals surface area contributed by atoms with Crippen molar-refractivity contribution in [2.24, 2.45) is 0 Å². The second-order valence-electron chi connectivity index (χ2n) is 7.29. The summed E-state index contributed by atoms with van der Waals surface area (Å²) in [6.45, 7) is 2.55. The minimum atomic E-state index is -0.467. The summed E-state index contributed by atoms with van der Waals surface area (Å²) in [6.07, 6.45) is 1.30. The standard InChI is InChI=1S/C20H22N2O6/c1-26-20(25)12-10-11(2-3-13(12)21-6-8-27-9-7-21)22-18(23)16-14-4-5-15(28-14)17(16)19(22)24/h2-3,10,14-15,23-24H,4-9H2,1H3/t14-,15+. The maximum Gasteiger partial charge on any atom is 0.340 e. The van der Waals surface area contributed by atoms with E-state index in [4.69, 9.17) is 14.2 Å². The molecule has 3 aliphatic rings. The molecule has 0 saturated carbocycles. The van der Waals surface area contributed by atoms with Crippen LogP contribution in [0.15, 0.2) is 18.2 Å². The molecular weight excluding hydrogens is 364 g/mol. The van der Waals surface area contributed by atoms with Gasteiger partial charge in [-0.15, -0.1) is 0 Å². The molecule has 28 heavy (non-hydrogen) atoms. The molecule has 2 saturated heterocycles. The Morgan fingerprint density at radius 1 is 1.11 bits per heavy atom. The Hall–Kier alpha value is -2.71. The van der Waals surface area contributed by atoms with E-state index in [0.29, 0.717) is 48.7 Å². The van der Waals surface area contributed by atoms with Crippen molar-refractivity contribution < 1.29 is 29.2 Å². The van der Waals surface area contributed by atoms with Crippen LogP contribution in [0.4, 0.5) is 5.69 Å². The summed E-state index contributed by atoms with van der Waals surface area (Å²) in [4.78, 5) is 14.5. The minimum Gasteiger partial charge on any atom is -0.494 e. The molecule has 8 nitrogen and oxygen atoms in total. The van der Waals surface area contributed by atoms with Crippen LogP contribution in [0.2, 0.25) is 0 Å². The van der Waals surface area contributed by atoms with Crippen LogP contribution in [0.3, 0.4) is 0 Å². The largest absolute Gasteiger partial charge is 0.494 e. The van der Waals surface area contributed by atoms with Crippen molar-refractivity contribution in [2.45, 2.75) is 25.0 Å². The average Bonchev–Trinajstić information content (AvgIpc) is 3.41. The molecule has 0 aliphatic carbocycles. The number of esters is 1. The Balaban J connectivity index is 1.61. The second-order valence-corrected chi connectivity index (χ2v) is 7.29. The van der Waals surface area contributed by atoms with Crippen LogP contribution in [-0.2, 0) is 14.2 Å². The number of rotatable bonds is 3. The van der Waals surface area contributed by atoms with Gasteiger partial charge in [-0.2, -0.15) is 0 Å². The number of carbonyl (C=O) groups excluding carboxylic acids is 1. The number of ether oxygens (including phenoxy) is 3. The van der Waals surface area contributed by atoms with E-state index in [2.05, 4.69) is 4.90 Å². The van der Waals surface area contributed by atoms with Gasteiger partial charge in [-0.3, -0.25) is 4.57 Å². The van der Waals surface area contributed by atoms with E-state index >= 15 is 0 Å². The number of hydrogen-bond donors (Lipinski definition) is 2. The third-order valence-corrected chi connectivity index (χ3v) is 5.85. The Kier molecular flexibility index (Phi) is 3.99. The van der Waals surface area contributed by atoms with Gasteiger partial charge in [0, 0.05) is 13.1 Å². The van der Waals surface area contributed by atoms with Gasteiger partial charge >= 0.3 is 5.97 Å². The van der Waals surface area contributed by atoms with Crippen molar-refractivity contribution >= 4 is 11.7 Å². The van der Waals surface area contributed by atoms with Crippen molar-refractivity contribution in [1.82, 2.24) is 4.57 Å². The zero-order valence-corrected chi connectivity index (χ0v) is 15.6. The van der Waals surface area contributed by atoms with Gasteiger partial charge in [0.2, 0.25) is 11.8 Å². The lowest BCUT2D eigenvalue weighted by Crippen LogP contribution is -2.37. The van der Waals surface area contributed by atoms with Crippen molar-refractivity contribution in [3.8, 4) is 17.4 Å². The monoisotopic (exact) mass is 386 g/mol. The van der Waals surface area contributed by atoms with Gasteiger partial charge in [0.25, 0.3) is 0 Å². The minimum absolute atomic E-state index is 0.0327. The molecule has 3 aliphatic heterocycles. The lowest BCUT2D eigenvalue weighted by atomic mass is 9.95. The Bertz CT molecular complexity index is 913. The average molecular weight is 386 g/mol. The first-order valence-corrected chi connectivity index (χ1v) is 9.47. The number of nitrogens with zero attached hydrogens (tertiary/aromatic N) is 2. The van der Waals surface area contributed by atoms with Crippen LogP contribution in [-0.4, -0.2) is 54.2 Å². The predicted molar refractivity (Wildman–Crippen MR) is 99.3 cm³/mol. The summed E-state index contributed by atoms with van der Waals surface area (Å²) in [5.74, 6) is -0.533. The molecule has 148 valence electrons. The highest BCUT2D eigenvalue weighted by atomic mass is 16.5. The summed E-state index contributed by atoms with van der Waals surface area (Å²) in [7, 11) is 1.34. The van der Waals surface area contributed by atoms with Crippen LogP contribution in [0, 0.1) is 0 Å². The van der Waals surface area contributed by atoms with E-state index in [0.717, 1.165) is 18.5 Å². The number of fused-ring (bicyclic) bond motifs is 5. The van der Waals surface area contributed by atoms with E-state index in [1.165, 1.54) is 11.7 Å². The van der Waals surface area contributed by atoms with E-state index in [-0.39, 0.29) is 24.0 Å². The fraction of sp³-hybridized carbons (Fsp3) is 0.450. The van der Waals surface area contributed by atoms with Gasteiger partial charge < -0.3 is 29.3 Å². The first-order chi connectivity index (χ1) is 13.6. The number of methoxy groups -OCH3 is 1. The molecule has 4 heterocycles. The zero-order chi connectivity index (χ0) is 19.4.